The zero-order valence-electron chi connectivity index (χ0n) is 11.0. The Morgan fingerprint density at radius 3 is 1.76 bits per heavy atom. The molecule has 5 saturated carbocycles. The Hall–Kier alpha value is -0.0400. The summed E-state index contributed by atoms with van der Waals surface area (Å²) < 4.78 is 0. The van der Waals surface area contributed by atoms with Crippen LogP contribution in [-0.2, 0) is 0 Å². The first-order valence-electron chi connectivity index (χ1n) is 8.01. The van der Waals surface area contributed by atoms with Gasteiger partial charge in [-0.2, -0.15) is 0 Å². The second-order valence-corrected chi connectivity index (χ2v) is 7.85. The third-order valence-corrected chi connectivity index (χ3v) is 6.70. The highest BCUT2D eigenvalue weighted by atomic mass is 14.8. The summed E-state index contributed by atoms with van der Waals surface area (Å²) in [6.45, 7) is 0. The van der Waals surface area contributed by atoms with Crippen molar-refractivity contribution >= 4 is 0 Å². The number of nitrogens with two attached hydrogens (primary N) is 1. The molecule has 0 spiro atoms. The van der Waals surface area contributed by atoms with Crippen LogP contribution in [0, 0.1) is 29.1 Å². The highest BCUT2D eigenvalue weighted by molar-refractivity contribution is 5.07. The SMILES string of the molecule is NC(C1CCCC1)C12CC3CC(CC(C3)C1)C2. The summed E-state index contributed by atoms with van der Waals surface area (Å²) in [5.74, 6) is 4.07. The minimum atomic E-state index is 0.554. The monoisotopic (exact) mass is 233 g/mol. The molecule has 0 aromatic heterocycles. The molecule has 5 fully saturated rings. The van der Waals surface area contributed by atoms with Crippen LogP contribution in [0.15, 0.2) is 0 Å². The molecular formula is C16H27N. The van der Waals surface area contributed by atoms with E-state index in [-0.39, 0.29) is 0 Å². The van der Waals surface area contributed by atoms with E-state index in [2.05, 4.69) is 0 Å². The van der Waals surface area contributed by atoms with Gasteiger partial charge in [0.05, 0.1) is 0 Å². The fraction of sp³-hybridized carbons (Fsp3) is 1.00. The maximum atomic E-state index is 6.78. The van der Waals surface area contributed by atoms with Crippen molar-refractivity contribution in [3.8, 4) is 0 Å². The van der Waals surface area contributed by atoms with Crippen LogP contribution in [-0.4, -0.2) is 6.04 Å². The Labute approximate surface area is 106 Å². The molecule has 17 heavy (non-hydrogen) atoms. The van der Waals surface area contributed by atoms with Crippen molar-refractivity contribution in [1.29, 1.82) is 0 Å². The molecule has 4 bridgehead atoms. The molecule has 0 saturated heterocycles. The van der Waals surface area contributed by atoms with E-state index in [0.29, 0.717) is 11.5 Å². The summed E-state index contributed by atoms with van der Waals surface area (Å²) in [5, 5.41) is 0. The summed E-state index contributed by atoms with van der Waals surface area (Å²) in [6.07, 6.45) is 14.9. The van der Waals surface area contributed by atoms with Gasteiger partial charge in [-0.15, -0.1) is 0 Å². The van der Waals surface area contributed by atoms with E-state index in [1.165, 1.54) is 44.9 Å². The molecule has 0 radical (unpaired) electrons. The third-order valence-electron chi connectivity index (χ3n) is 6.70. The minimum Gasteiger partial charge on any atom is -0.327 e. The second-order valence-electron chi connectivity index (χ2n) is 7.85. The third kappa shape index (κ3) is 1.61. The highest BCUT2D eigenvalue weighted by Gasteiger charge is 2.54. The molecule has 0 aromatic rings. The van der Waals surface area contributed by atoms with Gasteiger partial charge in [0, 0.05) is 6.04 Å². The summed E-state index contributed by atoms with van der Waals surface area (Å²) >= 11 is 0. The first kappa shape index (κ1) is 10.8. The lowest BCUT2D eigenvalue weighted by Crippen LogP contribution is -2.56. The van der Waals surface area contributed by atoms with Crippen molar-refractivity contribution in [2.24, 2.45) is 34.8 Å². The van der Waals surface area contributed by atoms with Gasteiger partial charge in [0.1, 0.15) is 0 Å². The Balaban J connectivity index is 1.59. The summed E-state index contributed by atoms with van der Waals surface area (Å²) in [5.41, 5.74) is 7.38. The van der Waals surface area contributed by atoms with E-state index in [1.807, 2.05) is 0 Å². The normalized spacial score (nSPS) is 51.0. The molecule has 5 aliphatic rings. The zero-order valence-corrected chi connectivity index (χ0v) is 11.0. The van der Waals surface area contributed by atoms with Crippen molar-refractivity contribution in [2.45, 2.75) is 70.3 Å². The van der Waals surface area contributed by atoms with Crippen molar-refractivity contribution in [3.05, 3.63) is 0 Å². The molecule has 1 nitrogen and oxygen atoms in total. The van der Waals surface area contributed by atoms with E-state index in [4.69, 9.17) is 5.73 Å². The lowest BCUT2D eigenvalue weighted by Gasteiger charge is -2.59. The van der Waals surface area contributed by atoms with Crippen molar-refractivity contribution < 1.29 is 0 Å². The van der Waals surface area contributed by atoms with Crippen LogP contribution < -0.4 is 5.73 Å². The van der Waals surface area contributed by atoms with E-state index < -0.39 is 0 Å². The van der Waals surface area contributed by atoms with Crippen LogP contribution in [0.1, 0.15) is 64.2 Å². The smallest absolute Gasteiger partial charge is 0.0124 e. The predicted molar refractivity (Wildman–Crippen MR) is 70.5 cm³/mol. The van der Waals surface area contributed by atoms with Crippen LogP contribution in [0.2, 0.25) is 0 Å². The average molecular weight is 233 g/mol. The van der Waals surface area contributed by atoms with Crippen molar-refractivity contribution in [3.63, 3.8) is 0 Å². The molecule has 2 N–H and O–H groups in total. The number of hydrogen-bond donors (Lipinski definition) is 1. The van der Waals surface area contributed by atoms with E-state index in [9.17, 15) is 0 Å². The van der Waals surface area contributed by atoms with Gasteiger partial charge in [-0.05, 0) is 80.5 Å². The van der Waals surface area contributed by atoms with E-state index in [0.717, 1.165) is 23.7 Å². The van der Waals surface area contributed by atoms with Gasteiger partial charge in [0.15, 0.2) is 0 Å². The minimum absolute atomic E-state index is 0.554. The van der Waals surface area contributed by atoms with Crippen LogP contribution in [0.4, 0.5) is 0 Å². The molecule has 0 aromatic carbocycles. The molecule has 1 unspecified atom stereocenters. The van der Waals surface area contributed by atoms with Gasteiger partial charge in [0.25, 0.3) is 0 Å². The molecule has 1 atom stereocenters. The van der Waals surface area contributed by atoms with Gasteiger partial charge in [-0.3, -0.25) is 0 Å². The first-order valence-corrected chi connectivity index (χ1v) is 8.01. The van der Waals surface area contributed by atoms with Gasteiger partial charge < -0.3 is 5.73 Å². The Morgan fingerprint density at radius 1 is 0.824 bits per heavy atom. The molecule has 5 rings (SSSR count). The Morgan fingerprint density at radius 2 is 1.29 bits per heavy atom. The summed E-state index contributed by atoms with van der Waals surface area (Å²) in [4.78, 5) is 0. The fourth-order valence-corrected chi connectivity index (χ4v) is 6.40. The molecular weight excluding hydrogens is 206 g/mol. The van der Waals surface area contributed by atoms with Crippen molar-refractivity contribution in [2.75, 3.05) is 0 Å². The Kier molecular flexibility index (Phi) is 2.38. The van der Waals surface area contributed by atoms with E-state index >= 15 is 0 Å². The van der Waals surface area contributed by atoms with Crippen LogP contribution in [0.25, 0.3) is 0 Å². The van der Waals surface area contributed by atoms with Crippen LogP contribution in [0.5, 0.6) is 0 Å². The quantitative estimate of drug-likeness (QED) is 0.773. The zero-order chi connectivity index (χ0) is 11.5. The molecule has 0 heterocycles. The molecule has 0 amide bonds. The topological polar surface area (TPSA) is 26.0 Å². The van der Waals surface area contributed by atoms with Gasteiger partial charge >= 0.3 is 0 Å². The maximum Gasteiger partial charge on any atom is 0.0124 e. The van der Waals surface area contributed by atoms with Gasteiger partial charge in [-0.1, -0.05) is 12.8 Å². The van der Waals surface area contributed by atoms with Crippen LogP contribution >= 0.6 is 0 Å². The lowest BCUT2D eigenvalue weighted by atomic mass is 9.47. The predicted octanol–water partition coefficient (Wildman–Crippen LogP) is 3.72. The second kappa shape index (κ2) is 3.73. The van der Waals surface area contributed by atoms with E-state index in [1.54, 1.807) is 19.3 Å². The first-order chi connectivity index (χ1) is 8.25. The van der Waals surface area contributed by atoms with Crippen molar-refractivity contribution in [1.82, 2.24) is 0 Å². The fourth-order valence-electron chi connectivity index (χ4n) is 6.40. The van der Waals surface area contributed by atoms with Gasteiger partial charge in [-0.25, -0.2) is 0 Å². The maximum absolute atomic E-state index is 6.78. The number of rotatable bonds is 2. The Bertz CT molecular complexity index is 267. The van der Waals surface area contributed by atoms with Gasteiger partial charge in [0.2, 0.25) is 0 Å². The molecule has 0 aliphatic heterocycles. The number of hydrogen-bond acceptors (Lipinski definition) is 1. The summed E-state index contributed by atoms with van der Waals surface area (Å²) in [6, 6.07) is 0.554. The van der Waals surface area contributed by atoms with Crippen LogP contribution in [0.3, 0.4) is 0 Å². The molecule has 1 heteroatoms. The highest BCUT2D eigenvalue weighted by Crippen LogP contribution is 2.62. The molecule has 96 valence electrons. The molecule has 5 aliphatic carbocycles. The lowest BCUT2D eigenvalue weighted by molar-refractivity contribution is -0.0764. The summed E-state index contributed by atoms with van der Waals surface area (Å²) in [7, 11) is 0. The largest absolute Gasteiger partial charge is 0.327 e. The average Bonchev–Trinajstić information content (AvgIpc) is 2.79. The standard InChI is InChI=1S/C16H27N/c17-15(14-3-1-2-4-14)16-8-11-5-12(9-16)7-13(6-11)10-16/h11-15H,1-10,17H2.